The second kappa shape index (κ2) is 10.3. The maximum atomic E-state index is 11.1. The lowest BCUT2D eigenvalue weighted by Crippen LogP contribution is -2.04. The van der Waals surface area contributed by atoms with Crippen molar-refractivity contribution in [2.45, 2.75) is 31.9 Å². The van der Waals surface area contributed by atoms with Crippen LogP contribution in [-0.4, -0.2) is 16.7 Å². The number of rotatable bonds is 8. The molecule has 0 aromatic heterocycles. The van der Waals surface area contributed by atoms with Crippen LogP contribution in [0.4, 0.5) is 5.69 Å². The number of unbranched alkanes of at least 4 members (excludes halogenated alkanes) is 2. The van der Waals surface area contributed by atoms with Crippen LogP contribution < -0.4 is 10.5 Å². The number of hydrogen-bond acceptors (Lipinski definition) is 5. The number of nitrogens with one attached hydrogen (secondary N) is 1. The van der Waals surface area contributed by atoms with E-state index in [-0.39, 0.29) is 23.3 Å². The van der Waals surface area contributed by atoms with Crippen LogP contribution in [0.1, 0.15) is 31.7 Å². The number of nitrogens with zero attached hydrogens (tertiary/aromatic N) is 1. The Morgan fingerprint density at radius 1 is 1.48 bits per heavy atom. The second-order valence-electron chi connectivity index (χ2n) is 4.27. The molecule has 0 aliphatic heterocycles. The number of ether oxygens (including phenoxy) is 1. The molecular weight excluding hydrogens is 314 g/mol. The molecule has 0 aliphatic rings. The molecule has 6 nitrogen and oxygen atoms in total. The lowest BCUT2D eigenvalue weighted by molar-refractivity contribution is -0.385. The van der Waals surface area contributed by atoms with Crippen LogP contribution in [-0.2, 0) is 5.75 Å². The zero-order chi connectivity index (χ0) is 15.0. The van der Waals surface area contributed by atoms with E-state index in [1.165, 1.54) is 6.07 Å². The van der Waals surface area contributed by atoms with Gasteiger partial charge in [-0.25, -0.2) is 0 Å². The number of nitrogens with two attached hydrogens (primary N) is 1. The highest BCUT2D eigenvalue weighted by Gasteiger charge is 2.16. The molecule has 0 heterocycles. The molecule has 3 N–H and O–H groups in total. The van der Waals surface area contributed by atoms with Gasteiger partial charge in [0.1, 0.15) is 0 Å². The summed E-state index contributed by atoms with van der Waals surface area (Å²) in [4.78, 5) is 10.6. The number of halogens is 1. The zero-order valence-corrected chi connectivity index (χ0v) is 13.5. The van der Waals surface area contributed by atoms with Crippen LogP contribution in [0.15, 0.2) is 18.2 Å². The highest BCUT2D eigenvalue weighted by Crippen LogP contribution is 2.29. The van der Waals surface area contributed by atoms with Gasteiger partial charge in [0.15, 0.2) is 10.9 Å². The third-order valence-electron chi connectivity index (χ3n) is 2.62. The molecule has 1 aromatic carbocycles. The summed E-state index contributed by atoms with van der Waals surface area (Å²) in [6.07, 6.45) is 3.00. The Kier molecular flexibility index (Phi) is 9.56. The summed E-state index contributed by atoms with van der Waals surface area (Å²) < 4.78 is 5.47. The minimum Gasteiger partial charge on any atom is -0.487 e. The van der Waals surface area contributed by atoms with Crippen molar-refractivity contribution < 1.29 is 9.66 Å². The average Bonchev–Trinajstić information content (AvgIpc) is 2.41. The number of nitro benzene ring substituents is 1. The number of nitro groups is 1. The van der Waals surface area contributed by atoms with Crippen molar-refractivity contribution in [3.63, 3.8) is 0 Å². The molecule has 8 heteroatoms. The van der Waals surface area contributed by atoms with Crippen LogP contribution >= 0.6 is 24.2 Å². The van der Waals surface area contributed by atoms with Gasteiger partial charge in [0.2, 0.25) is 0 Å². The number of hydrogen-bond donors (Lipinski definition) is 2. The Morgan fingerprint density at radius 3 is 2.76 bits per heavy atom. The summed E-state index contributed by atoms with van der Waals surface area (Å²) in [5.41, 5.74) is 5.96. The summed E-state index contributed by atoms with van der Waals surface area (Å²) in [6, 6.07) is 4.85. The predicted molar refractivity (Wildman–Crippen MR) is 88.6 cm³/mol. The van der Waals surface area contributed by atoms with E-state index >= 15 is 0 Å². The standard InChI is InChI=1S/C13H19N3O3S.ClH/c1-2-3-4-7-19-12-6-5-10(9-20-13(14)15)8-11(12)16(17)18;/h5-6,8H,2-4,7,9H2,1H3,(H3,14,15);1H. The molecule has 21 heavy (non-hydrogen) atoms. The molecule has 1 aromatic rings. The average molecular weight is 334 g/mol. The van der Waals surface area contributed by atoms with E-state index in [0.29, 0.717) is 18.1 Å². The van der Waals surface area contributed by atoms with Gasteiger partial charge in [-0.2, -0.15) is 0 Å². The van der Waals surface area contributed by atoms with E-state index in [1.807, 2.05) is 0 Å². The maximum Gasteiger partial charge on any atom is 0.311 e. The van der Waals surface area contributed by atoms with E-state index in [0.717, 1.165) is 36.6 Å². The highest BCUT2D eigenvalue weighted by atomic mass is 35.5. The van der Waals surface area contributed by atoms with Crippen molar-refractivity contribution >= 4 is 35.0 Å². The molecule has 0 unspecified atom stereocenters. The van der Waals surface area contributed by atoms with Gasteiger partial charge in [0.25, 0.3) is 0 Å². The van der Waals surface area contributed by atoms with Crippen molar-refractivity contribution in [2.75, 3.05) is 6.61 Å². The lowest BCUT2D eigenvalue weighted by Gasteiger charge is -2.08. The summed E-state index contributed by atoms with van der Waals surface area (Å²) in [7, 11) is 0. The van der Waals surface area contributed by atoms with Crippen molar-refractivity contribution in [3.05, 3.63) is 33.9 Å². The van der Waals surface area contributed by atoms with Gasteiger partial charge >= 0.3 is 5.69 Å². The van der Waals surface area contributed by atoms with Gasteiger partial charge in [-0.1, -0.05) is 37.6 Å². The minimum absolute atomic E-state index is 0. The van der Waals surface area contributed by atoms with Crippen molar-refractivity contribution in [2.24, 2.45) is 5.73 Å². The quantitative estimate of drug-likeness (QED) is 0.248. The van der Waals surface area contributed by atoms with Gasteiger partial charge in [-0.3, -0.25) is 15.5 Å². The Morgan fingerprint density at radius 2 is 2.19 bits per heavy atom. The first-order valence-corrected chi connectivity index (χ1v) is 7.40. The summed E-state index contributed by atoms with van der Waals surface area (Å²) >= 11 is 1.13. The molecule has 1 rings (SSSR count). The summed E-state index contributed by atoms with van der Waals surface area (Å²) in [5, 5.41) is 18.2. The number of benzene rings is 1. The molecular formula is C13H20ClN3O3S. The Balaban J connectivity index is 0.00000400. The molecule has 0 saturated heterocycles. The molecule has 0 bridgehead atoms. The van der Waals surface area contributed by atoms with E-state index in [2.05, 4.69) is 6.92 Å². The fourth-order valence-corrected chi connectivity index (χ4v) is 2.11. The van der Waals surface area contributed by atoms with E-state index < -0.39 is 4.92 Å². The van der Waals surface area contributed by atoms with Gasteiger partial charge in [0, 0.05) is 11.8 Å². The SMILES string of the molecule is CCCCCOc1ccc(CSC(=N)N)cc1[N+](=O)[O-].Cl. The Labute approximate surface area is 134 Å². The molecule has 0 aliphatic carbocycles. The monoisotopic (exact) mass is 333 g/mol. The fraction of sp³-hybridized carbons (Fsp3) is 0.462. The first kappa shape index (κ1) is 19.5. The maximum absolute atomic E-state index is 11.1. The van der Waals surface area contributed by atoms with Gasteiger partial charge < -0.3 is 10.5 Å². The van der Waals surface area contributed by atoms with Crippen LogP contribution in [0.25, 0.3) is 0 Å². The van der Waals surface area contributed by atoms with E-state index in [4.69, 9.17) is 15.9 Å². The first-order valence-electron chi connectivity index (χ1n) is 6.41. The number of thioether (sulfide) groups is 1. The zero-order valence-electron chi connectivity index (χ0n) is 11.8. The smallest absolute Gasteiger partial charge is 0.311 e. The third kappa shape index (κ3) is 7.19. The van der Waals surface area contributed by atoms with Gasteiger partial charge in [-0.15, -0.1) is 12.4 Å². The third-order valence-corrected chi connectivity index (χ3v) is 3.41. The molecule has 0 saturated carbocycles. The Bertz CT molecular complexity index is 486. The van der Waals surface area contributed by atoms with Crippen LogP contribution in [0.5, 0.6) is 5.75 Å². The molecule has 0 radical (unpaired) electrons. The molecule has 0 spiro atoms. The molecule has 0 amide bonds. The van der Waals surface area contributed by atoms with Crippen molar-refractivity contribution in [3.8, 4) is 5.75 Å². The normalized spacial score (nSPS) is 9.76. The molecule has 0 fully saturated rings. The Hall–Kier alpha value is -1.47. The first-order chi connectivity index (χ1) is 9.54. The van der Waals surface area contributed by atoms with Gasteiger partial charge in [0.05, 0.1) is 11.5 Å². The molecule has 0 atom stereocenters. The van der Waals surface area contributed by atoms with E-state index in [1.54, 1.807) is 12.1 Å². The van der Waals surface area contributed by atoms with Crippen LogP contribution in [0, 0.1) is 15.5 Å². The molecule has 118 valence electrons. The minimum atomic E-state index is -0.447. The second-order valence-corrected chi connectivity index (χ2v) is 5.28. The van der Waals surface area contributed by atoms with E-state index in [9.17, 15) is 10.1 Å². The topological polar surface area (TPSA) is 102 Å². The predicted octanol–water partition coefficient (Wildman–Crippen LogP) is 3.71. The largest absolute Gasteiger partial charge is 0.487 e. The fourth-order valence-electron chi connectivity index (χ4n) is 1.61. The van der Waals surface area contributed by atoms with Crippen LogP contribution in [0.2, 0.25) is 0 Å². The number of amidine groups is 1. The highest BCUT2D eigenvalue weighted by molar-refractivity contribution is 8.13. The summed E-state index contributed by atoms with van der Waals surface area (Å²) in [5.74, 6) is 0.731. The summed E-state index contributed by atoms with van der Waals surface area (Å²) in [6.45, 7) is 2.57. The van der Waals surface area contributed by atoms with Gasteiger partial charge in [-0.05, 0) is 18.1 Å². The lowest BCUT2D eigenvalue weighted by atomic mass is 10.2. The van der Waals surface area contributed by atoms with Crippen molar-refractivity contribution in [1.82, 2.24) is 0 Å². The van der Waals surface area contributed by atoms with Crippen molar-refractivity contribution in [1.29, 1.82) is 5.41 Å². The van der Waals surface area contributed by atoms with Crippen LogP contribution in [0.3, 0.4) is 0 Å².